The molecule has 0 amide bonds. The summed E-state index contributed by atoms with van der Waals surface area (Å²) in [7, 11) is 0. The molecular formula is C15H13N7O2S. The van der Waals surface area contributed by atoms with Crippen LogP contribution in [0.1, 0.15) is 11.3 Å². The molecule has 0 saturated carbocycles. The van der Waals surface area contributed by atoms with E-state index in [4.69, 9.17) is 18.0 Å². The summed E-state index contributed by atoms with van der Waals surface area (Å²) in [5, 5.41) is 10.6. The number of nitrogens with one attached hydrogen (secondary N) is 2. The maximum absolute atomic E-state index is 11.7. The van der Waals surface area contributed by atoms with Gasteiger partial charge in [0.2, 0.25) is 11.8 Å². The third-order valence-electron chi connectivity index (χ3n) is 3.28. The average molecular weight is 355 g/mol. The Morgan fingerprint density at radius 1 is 1.32 bits per heavy atom. The van der Waals surface area contributed by atoms with Gasteiger partial charge in [-0.2, -0.15) is 4.99 Å². The number of fused-ring (bicyclic) bond motifs is 1. The molecule has 0 aliphatic carbocycles. The van der Waals surface area contributed by atoms with E-state index in [1.807, 2.05) is 31.2 Å². The monoisotopic (exact) mass is 355 g/mol. The molecule has 10 heteroatoms. The predicted octanol–water partition coefficient (Wildman–Crippen LogP) is 1.46. The van der Waals surface area contributed by atoms with Gasteiger partial charge in [-0.15, -0.1) is 0 Å². The number of para-hydroxylation sites is 1. The lowest BCUT2D eigenvalue weighted by molar-refractivity contribution is 0.449. The molecular weight excluding hydrogens is 342 g/mol. The van der Waals surface area contributed by atoms with Gasteiger partial charge >= 0.3 is 0 Å². The molecule has 126 valence electrons. The molecule has 25 heavy (non-hydrogen) atoms. The van der Waals surface area contributed by atoms with Gasteiger partial charge in [-0.25, -0.2) is 15.0 Å². The van der Waals surface area contributed by atoms with Gasteiger partial charge < -0.3 is 15.8 Å². The van der Waals surface area contributed by atoms with Crippen LogP contribution in [-0.4, -0.2) is 37.2 Å². The number of aryl methyl sites for hydroxylation is 1. The second-order valence-corrected chi connectivity index (χ2v) is 5.43. The predicted molar refractivity (Wildman–Crippen MR) is 97.1 cm³/mol. The number of hydrogen-bond acceptors (Lipinski definition) is 6. The van der Waals surface area contributed by atoms with E-state index in [1.165, 1.54) is 0 Å². The van der Waals surface area contributed by atoms with E-state index < -0.39 is 11.4 Å². The van der Waals surface area contributed by atoms with Gasteiger partial charge in [0, 0.05) is 11.6 Å². The first-order valence-corrected chi connectivity index (χ1v) is 7.52. The fraction of sp³-hybridized carbons (Fsp3) is 0.0667. The summed E-state index contributed by atoms with van der Waals surface area (Å²) in [4.78, 5) is 32.8. The number of nitrogens with two attached hydrogens (primary N) is 1. The van der Waals surface area contributed by atoms with Gasteiger partial charge in [0.25, 0.3) is 11.5 Å². The third-order valence-corrected chi connectivity index (χ3v) is 3.49. The number of H-pyrrole nitrogens is 2. The number of benzene rings is 1. The molecule has 0 fully saturated rings. The molecule has 1 aromatic carbocycles. The normalized spacial score (nSPS) is 12.1. The first-order valence-electron chi connectivity index (χ1n) is 7.11. The van der Waals surface area contributed by atoms with Crippen molar-refractivity contribution in [3.63, 3.8) is 0 Å². The van der Waals surface area contributed by atoms with Gasteiger partial charge in [-0.1, -0.05) is 18.2 Å². The van der Waals surface area contributed by atoms with E-state index in [0.717, 1.165) is 22.8 Å². The van der Waals surface area contributed by atoms with E-state index in [0.29, 0.717) is 0 Å². The lowest BCUT2D eigenvalue weighted by atomic mass is 10.2. The second kappa shape index (κ2) is 6.61. The summed E-state index contributed by atoms with van der Waals surface area (Å²) in [5.74, 6) is -0.435. The van der Waals surface area contributed by atoms with E-state index in [-0.39, 0.29) is 22.2 Å². The van der Waals surface area contributed by atoms with Gasteiger partial charge in [0.1, 0.15) is 5.56 Å². The van der Waals surface area contributed by atoms with E-state index in [1.54, 1.807) is 0 Å². The van der Waals surface area contributed by atoms with Gasteiger partial charge in [0.15, 0.2) is 4.77 Å². The molecule has 0 unspecified atom stereocenters. The van der Waals surface area contributed by atoms with Crippen LogP contribution < -0.4 is 11.3 Å². The molecule has 0 spiro atoms. The summed E-state index contributed by atoms with van der Waals surface area (Å²) in [6.07, 6.45) is 1.08. The highest BCUT2D eigenvalue weighted by molar-refractivity contribution is 7.71. The Hall–Kier alpha value is -3.40. The lowest BCUT2D eigenvalue weighted by Gasteiger charge is -2.02. The summed E-state index contributed by atoms with van der Waals surface area (Å²) in [5.41, 5.74) is 6.49. The molecule has 2 aromatic heterocycles. The van der Waals surface area contributed by atoms with Crippen LogP contribution in [0.15, 0.2) is 39.0 Å². The molecule has 0 saturated heterocycles. The molecule has 0 aliphatic heterocycles. The van der Waals surface area contributed by atoms with Gasteiger partial charge in [-0.05, 0) is 25.2 Å². The lowest BCUT2D eigenvalue weighted by Crippen LogP contribution is -2.15. The van der Waals surface area contributed by atoms with Crippen LogP contribution >= 0.6 is 12.2 Å². The SMILES string of the molecule is Cc1nc(/N=C(N)/N=C/c2c(O)[nH]c(=S)[nH]c2=O)nc2ccccc12. The number of aromatic amines is 2. The molecule has 0 radical (unpaired) electrons. The first kappa shape index (κ1) is 16.5. The summed E-state index contributed by atoms with van der Waals surface area (Å²) in [6.45, 7) is 1.84. The number of aliphatic imine (C=N–C) groups is 2. The third kappa shape index (κ3) is 3.58. The zero-order valence-corrected chi connectivity index (χ0v) is 13.8. The number of rotatable bonds is 2. The molecule has 0 aliphatic rings. The van der Waals surface area contributed by atoms with Crippen LogP contribution in [0, 0.1) is 11.7 Å². The highest BCUT2D eigenvalue weighted by atomic mass is 32.1. The van der Waals surface area contributed by atoms with Crippen molar-refractivity contribution in [1.29, 1.82) is 0 Å². The Kier molecular flexibility index (Phi) is 4.35. The molecule has 0 bridgehead atoms. The number of nitrogens with zero attached hydrogens (tertiary/aromatic N) is 4. The van der Waals surface area contributed by atoms with Gasteiger partial charge in [0.05, 0.1) is 11.2 Å². The van der Waals surface area contributed by atoms with Crippen molar-refractivity contribution < 1.29 is 5.11 Å². The Labute approximate surface area is 146 Å². The van der Waals surface area contributed by atoms with Crippen LogP contribution in [0.4, 0.5) is 5.95 Å². The number of aromatic nitrogens is 4. The average Bonchev–Trinajstić information content (AvgIpc) is 2.54. The zero-order valence-electron chi connectivity index (χ0n) is 13.0. The van der Waals surface area contributed by atoms with Crippen molar-refractivity contribution in [2.75, 3.05) is 0 Å². The Morgan fingerprint density at radius 3 is 2.84 bits per heavy atom. The molecule has 2 heterocycles. The number of aromatic hydroxyl groups is 1. The minimum atomic E-state index is -0.601. The van der Waals surface area contributed by atoms with Crippen LogP contribution in [0.2, 0.25) is 0 Å². The molecule has 3 aromatic rings. The minimum Gasteiger partial charge on any atom is -0.494 e. The van der Waals surface area contributed by atoms with Gasteiger partial charge in [-0.3, -0.25) is 9.78 Å². The quantitative estimate of drug-likeness (QED) is 0.311. The first-order chi connectivity index (χ1) is 11.9. The van der Waals surface area contributed by atoms with Crippen molar-refractivity contribution in [2.45, 2.75) is 6.92 Å². The highest BCUT2D eigenvalue weighted by Gasteiger charge is 2.06. The summed E-state index contributed by atoms with van der Waals surface area (Å²) < 4.78 is 0.00123. The number of hydrogen-bond donors (Lipinski definition) is 4. The van der Waals surface area contributed by atoms with Crippen LogP contribution in [0.25, 0.3) is 10.9 Å². The molecule has 9 nitrogen and oxygen atoms in total. The van der Waals surface area contributed by atoms with Crippen molar-refractivity contribution in [3.8, 4) is 5.88 Å². The molecule has 5 N–H and O–H groups in total. The van der Waals surface area contributed by atoms with Crippen LogP contribution in [0.5, 0.6) is 5.88 Å². The molecule has 0 atom stereocenters. The fourth-order valence-electron chi connectivity index (χ4n) is 2.14. The largest absolute Gasteiger partial charge is 0.494 e. The maximum atomic E-state index is 11.7. The zero-order chi connectivity index (χ0) is 18.0. The number of guanidine groups is 1. The van der Waals surface area contributed by atoms with Crippen molar-refractivity contribution >= 4 is 41.2 Å². The van der Waals surface area contributed by atoms with Crippen molar-refractivity contribution in [1.82, 2.24) is 19.9 Å². The maximum Gasteiger partial charge on any atom is 0.264 e. The highest BCUT2D eigenvalue weighted by Crippen LogP contribution is 2.17. The van der Waals surface area contributed by atoms with E-state index in [9.17, 15) is 9.90 Å². The topological polar surface area (TPSA) is 145 Å². The Morgan fingerprint density at radius 2 is 2.08 bits per heavy atom. The smallest absolute Gasteiger partial charge is 0.264 e. The van der Waals surface area contributed by atoms with Crippen LogP contribution in [0.3, 0.4) is 0 Å². The molecule has 3 rings (SSSR count). The summed E-state index contributed by atoms with van der Waals surface area (Å²) in [6, 6.07) is 7.51. The summed E-state index contributed by atoms with van der Waals surface area (Å²) >= 11 is 4.74. The van der Waals surface area contributed by atoms with E-state index >= 15 is 0 Å². The second-order valence-electron chi connectivity index (χ2n) is 5.02. The Balaban J connectivity index is 1.95. The van der Waals surface area contributed by atoms with E-state index in [2.05, 4.69) is 29.9 Å². The minimum absolute atomic E-state index is 0.00123. The van der Waals surface area contributed by atoms with Crippen LogP contribution in [-0.2, 0) is 0 Å². The fourth-order valence-corrected chi connectivity index (χ4v) is 2.33. The standard InChI is InChI=1S/C15H13N7O2S/c1-7-8-4-2-3-5-10(8)19-14(18-7)22-13(16)17-6-9-11(23)20-15(25)21-12(9)24/h2-6H,1H3,(H2,16,18,19,22)(H3,20,21,23,24,25)/b17-6+. The van der Waals surface area contributed by atoms with Crippen molar-refractivity contribution in [2.24, 2.45) is 15.7 Å². The van der Waals surface area contributed by atoms with Crippen molar-refractivity contribution in [3.05, 3.63) is 50.6 Å². The Bertz CT molecular complexity index is 1130.